The van der Waals surface area contributed by atoms with Gasteiger partial charge in [0.2, 0.25) is 11.5 Å². The lowest BCUT2D eigenvalue weighted by molar-refractivity contribution is -0.195. The fraction of sp³-hybridized carbons (Fsp3) is 0.500. The standard InChI is InChI=1S/C18H26N2O9/c1-9(21)18(28,10(2)22)17(27)29-8-11-7-12(23)3-5-14(11)20-15(24)6-4-13(19)16(25)26/h3,5,7,9-10,13,21-23,28H,4,6,8,19H2,1-2H3,(H,20,24)(H,25,26)/t9-,10-,13+/m1/s1. The molecule has 29 heavy (non-hydrogen) atoms. The average molecular weight is 414 g/mol. The Balaban J connectivity index is 2.87. The lowest BCUT2D eigenvalue weighted by atomic mass is 9.92. The summed E-state index contributed by atoms with van der Waals surface area (Å²) >= 11 is 0. The van der Waals surface area contributed by atoms with Crippen molar-refractivity contribution in [2.75, 3.05) is 5.32 Å². The summed E-state index contributed by atoms with van der Waals surface area (Å²) in [6, 6.07) is 2.62. The van der Waals surface area contributed by atoms with Crippen molar-refractivity contribution in [1.82, 2.24) is 0 Å². The lowest BCUT2D eigenvalue weighted by Gasteiger charge is -2.31. The molecule has 1 aromatic carbocycles. The van der Waals surface area contributed by atoms with E-state index in [1.165, 1.54) is 18.2 Å². The fourth-order valence-electron chi connectivity index (χ4n) is 2.39. The second kappa shape index (κ2) is 10.2. The third-order valence-electron chi connectivity index (χ3n) is 4.32. The van der Waals surface area contributed by atoms with Crippen molar-refractivity contribution < 1.29 is 44.7 Å². The highest BCUT2D eigenvalue weighted by molar-refractivity contribution is 5.92. The van der Waals surface area contributed by atoms with Gasteiger partial charge in [-0.15, -0.1) is 0 Å². The van der Waals surface area contributed by atoms with E-state index in [0.29, 0.717) is 0 Å². The summed E-state index contributed by atoms with van der Waals surface area (Å²) in [5.74, 6) is -3.28. The number of carboxylic acid groups (broad SMARTS) is 1. The van der Waals surface area contributed by atoms with Crippen molar-refractivity contribution in [1.29, 1.82) is 0 Å². The number of aliphatic hydroxyl groups is 3. The zero-order chi connectivity index (χ0) is 22.4. The van der Waals surface area contributed by atoms with E-state index < -0.39 is 48.3 Å². The van der Waals surface area contributed by atoms with E-state index in [9.17, 15) is 34.8 Å². The Hall–Kier alpha value is -2.73. The van der Waals surface area contributed by atoms with Gasteiger partial charge >= 0.3 is 11.9 Å². The van der Waals surface area contributed by atoms with Crippen molar-refractivity contribution in [3.05, 3.63) is 23.8 Å². The first-order chi connectivity index (χ1) is 13.4. The number of phenolic OH excluding ortho intramolecular Hbond substituents is 1. The summed E-state index contributed by atoms with van der Waals surface area (Å²) in [6.07, 6.45) is -3.54. The van der Waals surface area contributed by atoms with E-state index in [4.69, 9.17) is 15.6 Å². The van der Waals surface area contributed by atoms with E-state index in [2.05, 4.69) is 5.32 Å². The Kier molecular flexibility index (Phi) is 8.52. The molecule has 0 radical (unpaired) electrons. The number of anilines is 1. The minimum absolute atomic E-state index is 0.0978. The average Bonchev–Trinajstić information content (AvgIpc) is 2.64. The molecule has 3 atom stereocenters. The quantitative estimate of drug-likeness (QED) is 0.185. The van der Waals surface area contributed by atoms with Gasteiger partial charge in [0.25, 0.3) is 0 Å². The molecule has 8 N–H and O–H groups in total. The van der Waals surface area contributed by atoms with Crippen LogP contribution in [0.5, 0.6) is 5.75 Å². The van der Waals surface area contributed by atoms with Crippen LogP contribution in [0.4, 0.5) is 5.69 Å². The largest absolute Gasteiger partial charge is 0.508 e. The lowest BCUT2D eigenvalue weighted by Crippen LogP contribution is -2.56. The molecular weight excluding hydrogens is 388 g/mol. The Morgan fingerprint density at radius 2 is 1.79 bits per heavy atom. The van der Waals surface area contributed by atoms with Crippen molar-refractivity contribution >= 4 is 23.5 Å². The second-order valence-electron chi connectivity index (χ2n) is 6.63. The Bertz CT molecular complexity index is 741. The highest BCUT2D eigenvalue weighted by Crippen LogP contribution is 2.24. The predicted octanol–water partition coefficient (Wildman–Crippen LogP) is -0.941. The Morgan fingerprint density at radius 1 is 1.21 bits per heavy atom. The minimum atomic E-state index is -2.56. The van der Waals surface area contributed by atoms with Crippen LogP contribution in [0.25, 0.3) is 0 Å². The topological polar surface area (TPSA) is 200 Å². The molecule has 11 nitrogen and oxygen atoms in total. The summed E-state index contributed by atoms with van der Waals surface area (Å²) in [5, 5.41) is 50.3. The zero-order valence-electron chi connectivity index (χ0n) is 16.0. The molecule has 162 valence electrons. The fourth-order valence-corrected chi connectivity index (χ4v) is 2.39. The summed E-state index contributed by atoms with van der Waals surface area (Å²) < 4.78 is 4.95. The first-order valence-corrected chi connectivity index (χ1v) is 8.75. The number of carbonyl (C=O) groups is 3. The van der Waals surface area contributed by atoms with Gasteiger partial charge in [0, 0.05) is 17.7 Å². The van der Waals surface area contributed by atoms with Crippen LogP contribution in [0, 0.1) is 0 Å². The van der Waals surface area contributed by atoms with Gasteiger partial charge in [-0.2, -0.15) is 0 Å². The molecule has 0 aliphatic rings. The predicted molar refractivity (Wildman–Crippen MR) is 99.7 cm³/mol. The number of aliphatic carboxylic acids is 1. The summed E-state index contributed by atoms with van der Waals surface area (Å²) in [7, 11) is 0. The third kappa shape index (κ3) is 6.39. The number of amides is 1. The number of ether oxygens (including phenoxy) is 1. The van der Waals surface area contributed by atoms with Crippen molar-refractivity contribution in [3.63, 3.8) is 0 Å². The summed E-state index contributed by atoms with van der Waals surface area (Å²) in [5.41, 5.74) is 3.11. The van der Waals surface area contributed by atoms with Gasteiger partial charge in [0.1, 0.15) is 18.4 Å². The molecule has 0 fully saturated rings. The van der Waals surface area contributed by atoms with Crippen LogP contribution in [0.15, 0.2) is 18.2 Å². The number of hydrogen-bond donors (Lipinski definition) is 7. The Labute approximate surface area is 166 Å². The number of rotatable bonds is 10. The number of aromatic hydroxyl groups is 1. The number of esters is 1. The maximum Gasteiger partial charge on any atom is 0.343 e. The van der Waals surface area contributed by atoms with Gasteiger partial charge in [0.05, 0.1) is 12.2 Å². The van der Waals surface area contributed by atoms with Crippen molar-refractivity contribution in [3.8, 4) is 5.75 Å². The molecular formula is C18H26N2O9. The van der Waals surface area contributed by atoms with Crippen LogP contribution < -0.4 is 11.1 Å². The molecule has 0 bridgehead atoms. The molecule has 11 heteroatoms. The van der Waals surface area contributed by atoms with Crippen molar-refractivity contribution in [2.24, 2.45) is 5.73 Å². The summed E-state index contributed by atoms with van der Waals surface area (Å²) in [6.45, 7) is 1.71. The minimum Gasteiger partial charge on any atom is -0.508 e. The monoisotopic (exact) mass is 414 g/mol. The SMILES string of the molecule is C[C@@H](O)C(O)(C(=O)OCc1cc(O)ccc1NC(=O)CC[C@H](N)C(=O)O)[C@@H](C)O. The molecule has 0 aliphatic heterocycles. The van der Waals surface area contributed by atoms with Gasteiger partial charge in [-0.25, -0.2) is 4.79 Å². The molecule has 1 aromatic rings. The molecule has 1 amide bonds. The number of hydrogen-bond acceptors (Lipinski definition) is 9. The highest BCUT2D eigenvalue weighted by Gasteiger charge is 2.47. The number of phenols is 1. The molecule has 0 saturated carbocycles. The molecule has 0 saturated heterocycles. The smallest absolute Gasteiger partial charge is 0.343 e. The number of carboxylic acids is 1. The molecule has 0 spiro atoms. The van der Waals surface area contributed by atoms with Gasteiger partial charge < -0.3 is 41.3 Å². The number of nitrogens with two attached hydrogens (primary N) is 1. The summed E-state index contributed by atoms with van der Waals surface area (Å²) in [4.78, 5) is 34.9. The van der Waals surface area contributed by atoms with E-state index >= 15 is 0 Å². The first kappa shape index (κ1) is 24.3. The van der Waals surface area contributed by atoms with Crippen LogP contribution in [-0.4, -0.2) is 67.2 Å². The van der Waals surface area contributed by atoms with Crippen LogP contribution >= 0.6 is 0 Å². The van der Waals surface area contributed by atoms with E-state index in [1.54, 1.807) is 0 Å². The maximum atomic E-state index is 12.2. The molecule has 0 aliphatic carbocycles. The van der Waals surface area contributed by atoms with Gasteiger partial charge in [-0.3, -0.25) is 9.59 Å². The maximum absolute atomic E-state index is 12.2. The van der Waals surface area contributed by atoms with Gasteiger partial charge in [-0.05, 0) is 38.5 Å². The molecule has 0 heterocycles. The van der Waals surface area contributed by atoms with Crippen LogP contribution in [0.2, 0.25) is 0 Å². The normalized spacial score (nSPS) is 14.6. The first-order valence-electron chi connectivity index (χ1n) is 8.75. The van der Waals surface area contributed by atoms with Crippen LogP contribution in [0.3, 0.4) is 0 Å². The van der Waals surface area contributed by atoms with Crippen LogP contribution in [-0.2, 0) is 25.7 Å². The number of carbonyl (C=O) groups excluding carboxylic acids is 2. The molecule has 0 unspecified atom stereocenters. The van der Waals surface area contributed by atoms with E-state index in [-0.39, 0.29) is 29.8 Å². The number of benzene rings is 1. The van der Waals surface area contributed by atoms with E-state index in [1.807, 2.05) is 0 Å². The van der Waals surface area contributed by atoms with Crippen LogP contribution in [0.1, 0.15) is 32.3 Å². The highest BCUT2D eigenvalue weighted by atomic mass is 16.6. The zero-order valence-corrected chi connectivity index (χ0v) is 16.0. The number of nitrogens with one attached hydrogen (secondary N) is 1. The third-order valence-corrected chi connectivity index (χ3v) is 4.32. The van der Waals surface area contributed by atoms with Gasteiger partial charge in [-0.1, -0.05) is 0 Å². The van der Waals surface area contributed by atoms with Gasteiger partial charge in [0.15, 0.2) is 0 Å². The molecule has 0 aromatic heterocycles. The van der Waals surface area contributed by atoms with Crippen molar-refractivity contribution in [2.45, 2.75) is 57.1 Å². The second-order valence-corrected chi connectivity index (χ2v) is 6.63. The Morgan fingerprint density at radius 3 is 2.31 bits per heavy atom. The van der Waals surface area contributed by atoms with E-state index in [0.717, 1.165) is 13.8 Å². The number of aliphatic hydroxyl groups excluding tert-OH is 2. The molecule has 1 rings (SSSR count).